The lowest BCUT2D eigenvalue weighted by atomic mass is 10.1. The lowest BCUT2D eigenvalue weighted by Crippen LogP contribution is -2.16. The molecule has 3 nitrogen and oxygen atoms in total. The second kappa shape index (κ2) is 6.55. The molecule has 2 rings (SSSR count). The smallest absolute Gasteiger partial charge is 0.217 e. The first kappa shape index (κ1) is 13.1. The normalized spacial score (nSPS) is 14.7. The molecule has 0 radical (unpaired) electrons. The fourth-order valence-electron chi connectivity index (χ4n) is 2.16. The van der Waals surface area contributed by atoms with Crippen LogP contribution in [0.25, 0.3) is 0 Å². The molecule has 1 fully saturated rings. The van der Waals surface area contributed by atoms with Crippen LogP contribution in [-0.4, -0.2) is 12.5 Å². The van der Waals surface area contributed by atoms with E-state index in [1.165, 1.54) is 24.0 Å². The number of nitrogens with one attached hydrogen (secondary N) is 1. The standard InChI is InChI=1S/C15H22N2O/c16-15(18)6-1-2-9-17-11-12-4-3-5-14(10-12)13-7-8-13/h3-5,10,13,17H,1-2,6-9,11H2,(H2,16,18). The van der Waals surface area contributed by atoms with Crippen molar-refractivity contribution in [3.63, 3.8) is 0 Å². The molecule has 1 aromatic rings. The Kier molecular flexibility index (Phi) is 4.76. The highest BCUT2D eigenvalue weighted by molar-refractivity contribution is 5.73. The van der Waals surface area contributed by atoms with Gasteiger partial charge in [0.25, 0.3) is 0 Å². The second-order valence-corrected chi connectivity index (χ2v) is 5.12. The van der Waals surface area contributed by atoms with E-state index in [1.807, 2.05) is 0 Å². The maximum absolute atomic E-state index is 10.6. The van der Waals surface area contributed by atoms with Crippen LogP contribution in [0.2, 0.25) is 0 Å². The first-order valence-corrected chi connectivity index (χ1v) is 6.83. The van der Waals surface area contributed by atoms with Crippen molar-refractivity contribution >= 4 is 5.91 Å². The van der Waals surface area contributed by atoms with E-state index in [0.29, 0.717) is 6.42 Å². The van der Waals surface area contributed by atoms with E-state index >= 15 is 0 Å². The van der Waals surface area contributed by atoms with Gasteiger partial charge in [0.05, 0.1) is 0 Å². The number of unbranched alkanes of at least 4 members (excludes halogenated alkanes) is 1. The van der Waals surface area contributed by atoms with Gasteiger partial charge in [-0.05, 0) is 49.3 Å². The van der Waals surface area contributed by atoms with Crippen LogP contribution >= 0.6 is 0 Å². The molecule has 18 heavy (non-hydrogen) atoms. The maximum atomic E-state index is 10.6. The zero-order valence-corrected chi connectivity index (χ0v) is 10.8. The first-order chi connectivity index (χ1) is 8.75. The average molecular weight is 246 g/mol. The number of carbonyl (C=O) groups is 1. The van der Waals surface area contributed by atoms with Crippen molar-refractivity contribution in [2.24, 2.45) is 5.73 Å². The Labute approximate surface area is 109 Å². The molecule has 3 N–H and O–H groups in total. The lowest BCUT2D eigenvalue weighted by Gasteiger charge is -2.06. The van der Waals surface area contributed by atoms with Crippen molar-refractivity contribution in [3.05, 3.63) is 35.4 Å². The number of carbonyl (C=O) groups excluding carboxylic acids is 1. The van der Waals surface area contributed by atoms with Gasteiger partial charge in [-0.1, -0.05) is 24.3 Å². The third-order valence-electron chi connectivity index (χ3n) is 3.36. The van der Waals surface area contributed by atoms with Gasteiger partial charge in [0, 0.05) is 13.0 Å². The number of rotatable bonds is 8. The van der Waals surface area contributed by atoms with Crippen LogP contribution in [0, 0.1) is 0 Å². The summed E-state index contributed by atoms with van der Waals surface area (Å²) in [5.41, 5.74) is 7.93. The molecule has 3 heteroatoms. The molecular formula is C15H22N2O. The van der Waals surface area contributed by atoms with Gasteiger partial charge < -0.3 is 11.1 Å². The number of hydrogen-bond donors (Lipinski definition) is 2. The van der Waals surface area contributed by atoms with Gasteiger partial charge in [-0.2, -0.15) is 0 Å². The van der Waals surface area contributed by atoms with Gasteiger partial charge in [0.1, 0.15) is 0 Å². The minimum Gasteiger partial charge on any atom is -0.370 e. The van der Waals surface area contributed by atoms with Crippen molar-refractivity contribution < 1.29 is 4.79 Å². The summed E-state index contributed by atoms with van der Waals surface area (Å²) in [7, 11) is 0. The largest absolute Gasteiger partial charge is 0.370 e. The molecule has 0 spiro atoms. The molecule has 0 heterocycles. The average Bonchev–Trinajstić information content (AvgIpc) is 3.18. The Morgan fingerprint density at radius 2 is 2.17 bits per heavy atom. The van der Waals surface area contributed by atoms with E-state index in [1.54, 1.807) is 0 Å². The topological polar surface area (TPSA) is 55.1 Å². The van der Waals surface area contributed by atoms with Crippen LogP contribution in [-0.2, 0) is 11.3 Å². The van der Waals surface area contributed by atoms with Crippen LogP contribution in [0.4, 0.5) is 0 Å². The van der Waals surface area contributed by atoms with E-state index in [2.05, 4.69) is 29.6 Å². The predicted molar refractivity (Wildman–Crippen MR) is 73.2 cm³/mol. The van der Waals surface area contributed by atoms with Gasteiger partial charge in [0.15, 0.2) is 0 Å². The van der Waals surface area contributed by atoms with E-state index in [-0.39, 0.29) is 5.91 Å². The molecule has 1 saturated carbocycles. The van der Waals surface area contributed by atoms with E-state index < -0.39 is 0 Å². The summed E-state index contributed by atoms with van der Waals surface area (Å²) in [5.74, 6) is 0.618. The van der Waals surface area contributed by atoms with Gasteiger partial charge in [-0.3, -0.25) is 4.79 Å². The van der Waals surface area contributed by atoms with Gasteiger partial charge >= 0.3 is 0 Å². The Morgan fingerprint density at radius 3 is 2.89 bits per heavy atom. The zero-order chi connectivity index (χ0) is 12.8. The number of benzene rings is 1. The van der Waals surface area contributed by atoms with Gasteiger partial charge in [-0.15, -0.1) is 0 Å². The molecule has 0 bridgehead atoms. The Morgan fingerprint density at radius 1 is 1.33 bits per heavy atom. The Hall–Kier alpha value is -1.35. The highest BCUT2D eigenvalue weighted by atomic mass is 16.1. The molecule has 0 aromatic heterocycles. The SMILES string of the molecule is NC(=O)CCCCNCc1cccc(C2CC2)c1. The minimum atomic E-state index is -0.202. The summed E-state index contributed by atoms with van der Waals surface area (Å²) < 4.78 is 0. The summed E-state index contributed by atoms with van der Waals surface area (Å²) >= 11 is 0. The summed E-state index contributed by atoms with van der Waals surface area (Å²) in [6.07, 6.45) is 5.09. The van der Waals surface area contributed by atoms with Crippen molar-refractivity contribution in [3.8, 4) is 0 Å². The lowest BCUT2D eigenvalue weighted by molar-refractivity contribution is -0.118. The monoisotopic (exact) mass is 246 g/mol. The quantitative estimate of drug-likeness (QED) is 0.692. The number of primary amides is 1. The van der Waals surface area contributed by atoms with Crippen molar-refractivity contribution in [2.45, 2.75) is 44.6 Å². The maximum Gasteiger partial charge on any atom is 0.217 e. The first-order valence-electron chi connectivity index (χ1n) is 6.83. The van der Waals surface area contributed by atoms with Gasteiger partial charge in [0.2, 0.25) is 5.91 Å². The van der Waals surface area contributed by atoms with E-state index in [9.17, 15) is 4.79 Å². The molecular weight excluding hydrogens is 224 g/mol. The zero-order valence-electron chi connectivity index (χ0n) is 10.8. The van der Waals surface area contributed by atoms with Crippen molar-refractivity contribution in [2.75, 3.05) is 6.54 Å². The number of amides is 1. The fraction of sp³-hybridized carbons (Fsp3) is 0.533. The second-order valence-electron chi connectivity index (χ2n) is 5.12. The summed E-state index contributed by atoms with van der Waals surface area (Å²) in [5, 5.41) is 3.41. The predicted octanol–water partition coefficient (Wildman–Crippen LogP) is 2.31. The molecule has 0 unspecified atom stereocenters. The van der Waals surface area contributed by atoms with Crippen LogP contribution < -0.4 is 11.1 Å². The molecule has 1 aliphatic rings. The summed E-state index contributed by atoms with van der Waals surface area (Å²) in [6.45, 7) is 1.86. The van der Waals surface area contributed by atoms with Crippen LogP contribution in [0.5, 0.6) is 0 Å². The van der Waals surface area contributed by atoms with Crippen molar-refractivity contribution in [1.82, 2.24) is 5.32 Å². The third kappa shape index (κ3) is 4.49. The molecule has 0 aliphatic heterocycles. The Bertz CT molecular complexity index is 399. The molecule has 1 aliphatic carbocycles. The number of nitrogens with two attached hydrogens (primary N) is 1. The van der Waals surface area contributed by atoms with E-state index in [4.69, 9.17) is 5.73 Å². The molecule has 98 valence electrons. The van der Waals surface area contributed by atoms with E-state index in [0.717, 1.165) is 31.8 Å². The van der Waals surface area contributed by atoms with Gasteiger partial charge in [-0.25, -0.2) is 0 Å². The minimum absolute atomic E-state index is 0.202. The molecule has 0 atom stereocenters. The number of hydrogen-bond acceptors (Lipinski definition) is 2. The van der Waals surface area contributed by atoms with Crippen LogP contribution in [0.1, 0.15) is 49.1 Å². The Balaban J connectivity index is 1.64. The highest BCUT2D eigenvalue weighted by Crippen LogP contribution is 2.40. The molecule has 0 saturated heterocycles. The summed E-state index contributed by atoms with van der Waals surface area (Å²) in [4.78, 5) is 10.6. The van der Waals surface area contributed by atoms with Crippen LogP contribution in [0.3, 0.4) is 0 Å². The summed E-state index contributed by atoms with van der Waals surface area (Å²) in [6, 6.07) is 8.86. The van der Waals surface area contributed by atoms with Crippen molar-refractivity contribution in [1.29, 1.82) is 0 Å². The molecule has 1 aromatic carbocycles. The highest BCUT2D eigenvalue weighted by Gasteiger charge is 2.23. The third-order valence-corrected chi connectivity index (χ3v) is 3.36. The molecule has 1 amide bonds. The van der Waals surface area contributed by atoms with Crippen LogP contribution in [0.15, 0.2) is 24.3 Å². The fourth-order valence-corrected chi connectivity index (χ4v) is 2.16.